The highest BCUT2D eigenvalue weighted by atomic mass is 15.2. The summed E-state index contributed by atoms with van der Waals surface area (Å²) >= 11 is 0. The first-order valence-corrected chi connectivity index (χ1v) is 8.76. The molecule has 0 atom stereocenters. The second-order valence-corrected chi connectivity index (χ2v) is 6.93. The molecular weight excluding hydrogens is 232 g/mol. The van der Waals surface area contributed by atoms with Crippen LogP contribution in [0.2, 0.25) is 0 Å². The van der Waals surface area contributed by atoms with Crippen LogP contribution < -0.4 is 5.32 Å². The van der Waals surface area contributed by atoms with Crippen LogP contribution in [0.25, 0.3) is 0 Å². The van der Waals surface area contributed by atoms with Crippen LogP contribution in [-0.4, -0.2) is 36.1 Å². The molecule has 0 amide bonds. The molecule has 2 fully saturated rings. The molecule has 2 aliphatic rings. The summed E-state index contributed by atoms with van der Waals surface area (Å²) in [6.07, 6.45) is 14.6. The van der Waals surface area contributed by atoms with Crippen LogP contribution in [-0.2, 0) is 0 Å². The normalized spacial score (nSPS) is 23.4. The summed E-state index contributed by atoms with van der Waals surface area (Å²) in [6.45, 7) is 6.95. The topological polar surface area (TPSA) is 15.3 Å². The van der Waals surface area contributed by atoms with Gasteiger partial charge in [0.05, 0.1) is 0 Å². The SMILES string of the molecule is CC(C)NCCN(C1CCCCC1)C1CCCCC1. The quantitative estimate of drug-likeness (QED) is 0.783. The second kappa shape index (κ2) is 8.26. The van der Waals surface area contributed by atoms with E-state index in [0.717, 1.165) is 12.1 Å². The molecule has 19 heavy (non-hydrogen) atoms. The van der Waals surface area contributed by atoms with Crippen LogP contribution in [0.3, 0.4) is 0 Å². The molecular formula is C17H34N2. The third kappa shape index (κ3) is 5.07. The van der Waals surface area contributed by atoms with Gasteiger partial charge in [0.1, 0.15) is 0 Å². The highest BCUT2D eigenvalue weighted by Crippen LogP contribution is 2.29. The van der Waals surface area contributed by atoms with Crippen LogP contribution >= 0.6 is 0 Å². The smallest absolute Gasteiger partial charge is 0.0113 e. The van der Waals surface area contributed by atoms with Gasteiger partial charge in [-0.1, -0.05) is 52.4 Å². The molecule has 0 unspecified atom stereocenters. The summed E-state index contributed by atoms with van der Waals surface area (Å²) < 4.78 is 0. The van der Waals surface area contributed by atoms with E-state index >= 15 is 0 Å². The molecule has 0 radical (unpaired) electrons. The highest BCUT2D eigenvalue weighted by Gasteiger charge is 2.28. The molecule has 0 spiro atoms. The second-order valence-electron chi connectivity index (χ2n) is 6.93. The van der Waals surface area contributed by atoms with Crippen LogP contribution in [0.5, 0.6) is 0 Å². The average molecular weight is 266 g/mol. The van der Waals surface area contributed by atoms with E-state index in [2.05, 4.69) is 24.1 Å². The van der Waals surface area contributed by atoms with E-state index in [-0.39, 0.29) is 0 Å². The molecule has 2 aliphatic carbocycles. The largest absolute Gasteiger partial charge is 0.313 e. The fourth-order valence-corrected chi connectivity index (χ4v) is 3.97. The zero-order valence-corrected chi connectivity index (χ0v) is 13.2. The van der Waals surface area contributed by atoms with Gasteiger partial charge in [-0.2, -0.15) is 0 Å². The minimum Gasteiger partial charge on any atom is -0.313 e. The summed E-state index contributed by atoms with van der Waals surface area (Å²) in [6, 6.07) is 2.41. The Hall–Kier alpha value is -0.0800. The molecule has 2 heteroatoms. The molecule has 0 saturated heterocycles. The van der Waals surface area contributed by atoms with Crippen molar-refractivity contribution in [2.45, 2.75) is 96.2 Å². The van der Waals surface area contributed by atoms with Gasteiger partial charge in [0.2, 0.25) is 0 Å². The van der Waals surface area contributed by atoms with Crippen molar-refractivity contribution in [1.82, 2.24) is 10.2 Å². The van der Waals surface area contributed by atoms with E-state index < -0.39 is 0 Å². The summed E-state index contributed by atoms with van der Waals surface area (Å²) in [5.41, 5.74) is 0. The van der Waals surface area contributed by atoms with Crippen molar-refractivity contribution >= 4 is 0 Å². The van der Waals surface area contributed by atoms with Crippen molar-refractivity contribution in [1.29, 1.82) is 0 Å². The minimum atomic E-state index is 0.625. The van der Waals surface area contributed by atoms with E-state index in [4.69, 9.17) is 0 Å². The van der Waals surface area contributed by atoms with Gasteiger partial charge in [-0.25, -0.2) is 0 Å². The third-order valence-electron chi connectivity index (χ3n) is 5.01. The van der Waals surface area contributed by atoms with Crippen LogP contribution in [0.4, 0.5) is 0 Å². The van der Waals surface area contributed by atoms with Gasteiger partial charge >= 0.3 is 0 Å². The average Bonchev–Trinajstić information content (AvgIpc) is 2.45. The predicted molar refractivity (Wildman–Crippen MR) is 83.6 cm³/mol. The molecule has 0 heterocycles. The van der Waals surface area contributed by atoms with E-state index in [1.54, 1.807) is 0 Å². The van der Waals surface area contributed by atoms with E-state index in [1.807, 2.05) is 0 Å². The molecule has 0 aromatic heterocycles. The number of rotatable bonds is 6. The summed E-state index contributed by atoms with van der Waals surface area (Å²) in [5, 5.41) is 3.61. The molecule has 0 aromatic carbocycles. The van der Waals surface area contributed by atoms with E-state index in [0.29, 0.717) is 6.04 Å². The van der Waals surface area contributed by atoms with Gasteiger partial charge in [0.15, 0.2) is 0 Å². The lowest BCUT2D eigenvalue weighted by molar-refractivity contribution is 0.0812. The zero-order valence-electron chi connectivity index (χ0n) is 13.2. The molecule has 2 saturated carbocycles. The van der Waals surface area contributed by atoms with Gasteiger partial charge in [-0.15, -0.1) is 0 Å². The number of hydrogen-bond donors (Lipinski definition) is 1. The number of nitrogens with zero attached hydrogens (tertiary/aromatic N) is 1. The highest BCUT2D eigenvalue weighted by molar-refractivity contribution is 4.84. The first kappa shape index (κ1) is 15.3. The maximum atomic E-state index is 3.61. The van der Waals surface area contributed by atoms with Crippen LogP contribution in [0, 0.1) is 0 Å². The van der Waals surface area contributed by atoms with Gasteiger partial charge in [0.25, 0.3) is 0 Å². The van der Waals surface area contributed by atoms with Gasteiger partial charge in [-0.3, -0.25) is 4.90 Å². The monoisotopic (exact) mass is 266 g/mol. The summed E-state index contributed by atoms with van der Waals surface area (Å²) in [4.78, 5) is 2.90. The fraction of sp³-hybridized carbons (Fsp3) is 1.00. The Morgan fingerprint density at radius 3 is 1.74 bits per heavy atom. The van der Waals surface area contributed by atoms with Crippen molar-refractivity contribution in [2.75, 3.05) is 13.1 Å². The molecule has 0 aromatic rings. The molecule has 0 aliphatic heterocycles. The lowest BCUT2D eigenvalue weighted by Crippen LogP contribution is -2.48. The Morgan fingerprint density at radius 2 is 1.32 bits per heavy atom. The summed E-state index contributed by atoms with van der Waals surface area (Å²) in [7, 11) is 0. The fourth-order valence-electron chi connectivity index (χ4n) is 3.97. The molecule has 0 bridgehead atoms. The van der Waals surface area contributed by atoms with Crippen molar-refractivity contribution in [3.63, 3.8) is 0 Å². The maximum Gasteiger partial charge on any atom is 0.0113 e. The third-order valence-corrected chi connectivity index (χ3v) is 5.01. The lowest BCUT2D eigenvalue weighted by Gasteiger charge is -2.42. The van der Waals surface area contributed by atoms with Gasteiger partial charge in [-0.05, 0) is 25.7 Å². The van der Waals surface area contributed by atoms with Crippen LogP contribution in [0.1, 0.15) is 78.1 Å². The molecule has 112 valence electrons. The van der Waals surface area contributed by atoms with E-state index in [1.165, 1.54) is 77.3 Å². The Morgan fingerprint density at radius 1 is 0.842 bits per heavy atom. The van der Waals surface area contributed by atoms with Crippen molar-refractivity contribution in [3.8, 4) is 0 Å². The Bertz CT molecular complexity index is 209. The Labute approximate surface area is 120 Å². The maximum absolute atomic E-state index is 3.61. The molecule has 2 rings (SSSR count). The molecule has 2 nitrogen and oxygen atoms in total. The predicted octanol–water partition coefficient (Wildman–Crippen LogP) is 3.95. The number of nitrogens with one attached hydrogen (secondary N) is 1. The Balaban J connectivity index is 1.86. The van der Waals surface area contributed by atoms with Crippen molar-refractivity contribution in [3.05, 3.63) is 0 Å². The Kier molecular flexibility index (Phi) is 6.66. The number of hydrogen-bond acceptors (Lipinski definition) is 2. The minimum absolute atomic E-state index is 0.625. The van der Waals surface area contributed by atoms with Gasteiger partial charge in [0, 0.05) is 31.2 Å². The van der Waals surface area contributed by atoms with E-state index in [9.17, 15) is 0 Å². The van der Waals surface area contributed by atoms with Crippen molar-refractivity contribution in [2.24, 2.45) is 0 Å². The first-order valence-electron chi connectivity index (χ1n) is 8.76. The van der Waals surface area contributed by atoms with Gasteiger partial charge < -0.3 is 5.32 Å². The standard InChI is InChI=1S/C17H34N2/c1-15(2)18-13-14-19(16-9-5-3-6-10-16)17-11-7-4-8-12-17/h15-18H,3-14H2,1-2H3. The molecule has 1 N–H and O–H groups in total. The zero-order chi connectivity index (χ0) is 13.5. The summed E-state index contributed by atoms with van der Waals surface area (Å²) in [5.74, 6) is 0. The first-order chi connectivity index (χ1) is 9.27. The van der Waals surface area contributed by atoms with Crippen LogP contribution in [0.15, 0.2) is 0 Å². The lowest BCUT2D eigenvalue weighted by atomic mass is 9.88. The van der Waals surface area contributed by atoms with Crippen molar-refractivity contribution < 1.29 is 0 Å².